The third-order valence-corrected chi connectivity index (χ3v) is 1.42. The minimum Gasteiger partial charge on any atom is -0.348 e. The molecule has 1 rings (SSSR count). The zero-order valence-corrected chi connectivity index (χ0v) is 6.25. The monoisotopic (exact) mass is 137 g/mol. The molecule has 0 aliphatic carbocycles. The molecule has 2 N–H and O–H groups in total. The van der Waals surface area contributed by atoms with E-state index in [1.807, 2.05) is 18.3 Å². The van der Waals surface area contributed by atoms with Crippen LogP contribution in [0.5, 0.6) is 0 Å². The number of rotatable bonds is 3. The van der Waals surface area contributed by atoms with E-state index in [0.29, 0.717) is 0 Å². The molecule has 1 aromatic rings. The van der Waals surface area contributed by atoms with Crippen molar-refractivity contribution in [3.05, 3.63) is 30.1 Å². The van der Waals surface area contributed by atoms with Crippen molar-refractivity contribution in [3.63, 3.8) is 0 Å². The summed E-state index contributed by atoms with van der Waals surface area (Å²) < 4.78 is 0. The second kappa shape index (κ2) is 4.01. The first-order valence-electron chi connectivity index (χ1n) is 3.61. The highest BCUT2D eigenvalue weighted by atomic mass is 14.8. The molecule has 0 aliphatic heterocycles. The Morgan fingerprint density at radius 1 is 1.50 bits per heavy atom. The van der Waals surface area contributed by atoms with Gasteiger partial charge in [0.15, 0.2) is 0 Å². The highest BCUT2D eigenvalue weighted by molar-refractivity contribution is 5.03. The molecule has 0 aliphatic rings. The summed E-state index contributed by atoms with van der Waals surface area (Å²) in [5, 5.41) is 2.16. The second-order valence-corrected chi connectivity index (χ2v) is 2.27. The van der Waals surface area contributed by atoms with Crippen LogP contribution >= 0.6 is 0 Å². The fourth-order valence-corrected chi connectivity index (χ4v) is 0.838. The molecule has 2 heteroatoms. The summed E-state index contributed by atoms with van der Waals surface area (Å²) in [6.45, 7) is 1.12. The molecular formula is C8H13N2+. The normalized spacial score (nSPS) is 9.70. The van der Waals surface area contributed by atoms with E-state index >= 15 is 0 Å². The van der Waals surface area contributed by atoms with Crippen LogP contribution in [0.3, 0.4) is 0 Å². The molecule has 1 heterocycles. The van der Waals surface area contributed by atoms with Gasteiger partial charge in [0.1, 0.15) is 0 Å². The van der Waals surface area contributed by atoms with Crippen LogP contribution in [-0.4, -0.2) is 18.6 Å². The summed E-state index contributed by atoms with van der Waals surface area (Å²) in [6.07, 6.45) is 2.91. The number of hydrogen-bond donors (Lipinski definition) is 1. The van der Waals surface area contributed by atoms with E-state index < -0.39 is 0 Å². The molecule has 0 bridgehead atoms. The van der Waals surface area contributed by atoms with Gasteiger partial charge in [-0.3, -0.25) is 4.98 Å². The summed E-state index contributed by atoms with van der Waals surface area (Å²) in [7, 11) is 2.07. The fraction of sp³-hybridized carbons (Fsp3) is 0.375. The molecule has 0 radical (unpaired) electrons. The van der Waals surface area contributed by atoms with Crippen LogP contribution in [-0.2, 0) is 6.42 Å². The maximum absolute atomic E-state index is 4.20. The molecule has 10 heavy (non-hydrogen) atoms. The molecule has 0 unspecified atom stereocenters. The van der Waals surface area contributed by atoms with Gasteiger partial charge < -0.3 is 5.32 Å². The van der Waals surface area contributed by atoms with Gasteiger partial charge in [-0.15, -0.1) is 0 Å². The number of likely N-dealkylation sites (N-methyl/N-ethyl adjacent to an activating group) is 1. The second-order valence-electron chi connectivity index (χ2n) is 2.27. The minimum atomic E-state index is 1.07. The third kappa shape index (κ3) is 2.15. The van der Waals surface area contributed by atoms with Gasteiger partial charge in [0.05, 0.1) is 13.6 Å². The molecule has 0 fully saturated rings. The molecule has 0 saturated heterocycles. The Hall–Kier alpha value is -0.890. The lowest BCUT2D eigenvalue weighted by molar-refractivity contribution is -0.626. The number of nitrogens with zero attached hydrogens (tertiary/aromatic N) is 1. The summed E-state index contributed by atoms with van der Waals surface area (Å²) in [4.78, 5) is 4.20. The predicted octanol–water partition coefficient (Wildman–Crippen LogP) is -0.183. The predicted molar refractivity (Wildman–Crippen MR) is 40.7 cm³/mol. The molecule has 0 atom stereocenters. The van der Waals surface area contributed by atoms with Crippen LogP contribution in [0.15, 0.2) is 24.4 Å². The maximum Gasteiger partial charge on any atom is 0.0809 e. The average molecular weight is 137 g/mol. The highest BCUT2D eigenvalue weighted by Gasteiger charge is 1.90. The fourth-order valence-electron chi connectivity index (χ4n) is 0.838. The average Bonchev–Trinajstić information content (AvgIpc) is 2.03. The van der Waals surface area contributed by atoms with E-state index in [1.54, 1.807) is 0 Å². The maximum atomic E-state index is 4.20. The Bertz CT molecular complexity index is 172. The Kier molecular flexibility index (Phi) is 2.90. The van der Waals surface area contributed by atoms with Gasteiger partial charge in [-0.25, -0.2) is 0 Å². The zero-order valence-electron chi connectivity index (χ0n) is 6.25. The number of aromatic nitrogens is 1. The number of pyridine rings is 1. The lowest BCUT2D eigenvalue weighted by Gasteiger charge is -1.94. The molecule has 2 nitrogen and oxygen atoms in total. The van der Waals surface area contributed by atoms with E-state index in [-0.39, 0.29) is 0 Å². The highest BCUT2D eigenvalue weighted by Crippen LogP contribution is 1.91. The first kappa shape index (κ1) is 7.22. The van der Waals surface area contributed by atoms with Crippen molar-refractivity contribution in [2.45, 2.75) is 6.42 Å². The van der Waals surface area contributed by atoms with Gasteiger partial charge in [0.2, 0.25) is 0 Å². The number of hydrogen-bond acceptors (Lipinski definition) is 1. The molecule has 0 amide bonds. The van der Waals surface area contributed by atoms with Crippen molar-refractivity contribution >= 4 is 0 Å². The Balaban J connectivity index is 2.43. The van der Waals surface area contributed by atoms with Crippen molar-refractivity contribution in [1.29, 1.82) is 0 Å². The van der Waals surface area contributed by atoms with E-state index in [0.717, 1.165) is 13.0 Å². The molecule has 0 spiro atoms. The first-order valence-corrected chi connectivity index (χ1v) is 3.61. The van der Waals surface area contributed by atoms with Crippen molar-refractivity contribution in [2.75, 3.05) is 13.6 Å². The van der Waals surface area contributed by atoms with Gasteiger partial charge in [0.25, 0.3) is 0 Å². The van der Waals surface area contributed by atoms with Crippen molar-refractivity contribution in [1.82, 2.24) is 4.98 Å². The smallest absolute Gasteiger partial charge is 0.0809 e. The molecule has 54 valence electrons. The molecule has 0 saturated carbocycles. The molecular weight excluding hydrogens is 124 g/mol. The lowest BCUT2D eigenvalue weighted by atomic mass is 10.3. The van der Waals surface area contributed by atoms with Crippen molar-refractivity contribution < 1.29 is 5.32 Å². The molecule has 0 aromatic carbocycles. The third-order valence-electron chi connectivity index (χ3n) is 1.42. The quantitative estimate of drug-likeness (QED) is 0.615. The molecule has 1 aromatic heterocycles. The summed E-state index contributed by atoms with van der Waals surface area (Å²) in [5.74, 6) is 0. The summed E-state index contributed by atoms with van der Waals surface area (Å²) >= 11 is 0. The van der Waals surface area contributed by atoms with Crippen LogP contribution in [0.4, 0.5) is 0 Å². The number of nitrogens with two attached hydrogens (primary N) is 1. The van der Waals surface area contributed by atoms with Gasteiger partial charge in [-0.05, 0) is 12.1 Å². The standard InChI is InChI=1S/C8H12N2/c1-9-7-5-8-4-2-3-6-10-8/h2-4,6,9H,5,7H2,1H3/p+1. The Morgan fingerprint density at radius 3 is 3.00 bits per heavy atom. The van der Waals surface area contributed by atoms with Crippen LogP contribution in [0.1, 0.15) is 5.69 Å². The SMILES string of the molecule is C[NH2+]CCc1ccccn1. The van der Waals surface area contributed by atoms with Gasteiger partial charge in [-0.2, -0.15) is 0 Å². The van der Waals surface area contributed by atoms with Crippen molar-refractivity contribution in [2.24, 2.45) is 0 Å². The lowest BCUT2D eigenvalue weighted by Crippen LogP contribution is -2.80. The first-order chi connectivity index (χ1) is 4.93. The van der Waals surface area contributed by atoms with Crippen LogP contribution in [0.2, 0.25) is 0 Å². The van der Waals surface area contributed by atoms with Crippen LogP contribution in [0.25, 0.3) is 0 Å². The Morgan fingerprint density at radius 2 is 2.40 bits per heavy atom. The van der Waals surface area contributed by atoms with E-state index in [9.17, 15) is 0 Å². The van der Waals surface area contributed by atoms with Gasteiger partial charge in [0, 0.05) is 18.3 Å². The topological polar surface area (TPSA) is 29.5 Å². The van der Waals surface area contributed by atoms with E-state index in [1.165, 1.54) is 5.69 Å². The Labute approximate surface area is 61.3 Å². The van der Waals surface area contributed by atoms with E-state index in [4.69, 9.17) is 0 Å². The summed E-state index contributed by atoms with van der Waals surface area (Å²) in [5.41, 5.74) is 1.18. The van der Waals surface area contributed by atoms with Gasteiger partial charge in [-0.1, -0.05) is 6.07 Å². The largest absolute Gasteiger partial charge is 0.348 e. The number of quaternary nitrogens is 1. The van der Waals surface area contributed by atoms with Crippen LogP contribution in [0, 0.1) is 0 Å². The van der Waals surface area contributed by atoms with E-state index in [2.05, 4.69) is 23.4 Å². The van der Waals surface area contributed by atoms with Crippen LogP contribution < -0.4 is 5.32 Å². The van der Waals surface area contributed by atoms with Gasteiger partial charge >= 0.3 is 0 Å². The van der Waals surface area contributed by atoms with Crippen molar-refractivity contribution in [3.8, 4) is 0 Å². The zero-order chi connectivity index (χ0) is 7.23. The summed E-state index contributed by atoms with van der Waals surface area (Å²) in [6, 6.07) is 6.03. The minimum absolute atomic E-state index is 1.07.